The maximum absolute atomic E-state index is 10.8. The van der Waals surface area contributed by atoms with Crippen LogP contribution < -0.4 is 0 Å². The molecular formula is C6H7NO2. The summed E-state index contributed by atoms with van der Waals surface area (Å²) in [6, 6.07) is 0. The summed E-state index contributed by atoms with van der Waals surface area (Å²) in [7, 11) is 1.75. The molecule has 2 heterocycles. The second kappa shape index (κ2) is 1.19. The number of hydrogen-bond donors (Lipinski definition) is 0. The molecule has 0 aromatic carbocycles. The molecule has 2 aliphatic heterocycles. The first-order valence-corrected chi connectivity index (χ1v) is 2.86. The zero-order valence-corrected chi connectivity index (χ0v) is 5.13. The summed E-state index contributed by atoms with van der Waals surface area (Å²) in [6.45, 7) is 0.658. The van der Waals surface area contributed by atoms with Gasteiger partial charge in [0.25, 0.3) is 0 Å². The molecule has 0 radical (unpaired) electrons. The summed E-state index contributed by atoms with van der Waals surface area (Å²) >= 11 is 0. The highest BCUT2D eigenvalue weighted by atomic mass is 16.6. The molecule has 1 atom stereocenters. The van der Waals surface area contributed by atoms with E-state index in [-0.39, 0.29) is 11.6 Å². The third kappa shape index (κ3) is 0.471. The molecule has 9 heavy (non-hydrogen) atoms. The first-order valence-electron chi connectivity index (χ1n) is 2.86. The Labute approximate surface area is 52.9 Å². The van der Waals surface area contributed by atoms with Crippen molar-refractivity contribution in [3.8, 4) is 0 Å². The third-order valence-corrected chi connectivity index (χ3v) is 1.82. The highest BCUT2D eigenvalue weighted by molar-refractivity contribution is 5.91. The molecule has 0 N–H and O–H groups in total. The molecule has 2 rings (SSSR count). The third-order valence-electron chi connectivity index (χ3n) is 1.82. The number of amides is 1. The fourth-order valence-corrected chi connectivity index (χ4v) is 0.975. The summed E-state index contributed by atoms with van der Waals surface area (Å²) in [6.07, 6.45) is 3.35. The van der Waals surface area contributed by atoms with E-state index in [1.54, 1.807) is 24.1 Å². The van der Waals surface area contributed by atoms with E-state index in [1.165, 1.54) is 0 Å². The Hall–Kier alpha value is -0.830. The van der Waals surface area contributed by atoms with Crippen molar-refractivity contribution in [2.75, 3.05) is 13.7 Å². The largest absolute Gasteiger partial charge is 0.344 e. The van der Waals surface area contributed by atoms with Crippen molar-refractivity contribution < 1.29 is 9.53 Å². The Balaban J connectivity index is 2.31. The molecule has 2 aliphatic rings. The molecule has 0 aliphatic carbocycles. The second-order valence-corrected chi connectivity index (χ2v) is 2.36. The van der Waals surface area contributed by atoms with E-state index < -0.39 is 0 Å². The second-order valence-electron chi connectivity index (χ2n) is 2.36. The topological polar surface area (TPSA) is 32.8 Å². The fourth-order valence-electron chi connectivity index (χ4n) is 0.975. The summed E-state index contributed by atoms with van der Waals surface area (Å²) in [5.41, 5.74) is -0.322. The van der Waals surface area contributed by atoms with Gasteiger partial charge in [-0.3, -0.25) is 4.79 Å². The summed E-state index contributed by atoms with van der Waals surface area (Å²) < 4.78 is 5.06. The monoisotopic (exact) mass is 125 g/mol. The van der Waals surface area contributed by atoms with Crippen LogP contribution in [0, 0.1) is 0 Å². The van der Waals surface area contributed by atoms with Crippen LogP contribution in [-0.4, -0.2) is 30.2 Å². The van der Waals surface area contributed by atoms with E-state index >= 15 is 0 Å². The molecule has 1 unspecified atom stereocenters. The quantitative estimate of drug-likeness (QED) is 0.418. The van der Waals surface area contributed by atoms with Gasteiger partial charge in [-0.1, -0.05) is 0 Å². The number of carbonyl (C=O) groups is 1. The normalized spacial score (nSPS) is 38.8. The SMILES string of the molecule is CN1C(=O)C=CC12CO2. The Bertz CT molecular complexity index is 193. The number of epoxide rings is 1. The lowest BCUT2D eigenvalue weighted by Gasteiger charge is -2.13. The lowest BCUT2D eigenvalue weighted by Crippen LogP contribution is -2.32. The molecule has 0 aromatic rings. The van der Waals surface area contributed by atoms with Gasteiger partial charge in [-0.05, 0) is 6.08 Å². The van der Waals surface area contributed by atoms with Crippen molar-refractivity contribution in [2.24, 2.45) is 0 Å². The van der Waals surface area contributed by atoms with Crippen LogP contribution in [0.5, 0.6) is 0 Å². The predicted octanol–water partition coefficient (Wildman–Crippen LogP) is -0.259. The fraction of sp³-hybridized carbons (Fsp3) is 0.500. The van der Waals surface area contributed by atoms with E-state index in [4.69, 9.17) is 4.74 Å². The number of likely N-dealkylation sites (N-methyl/N-ethyl adjacent to an activating group) is 1. The van der Waals surface area contributed by atoms with Gasteiger partial charge >= 0.3 is 0 Å². The van der Waals surface area contributed by atoms with Crippen molar-refractivity contribution >= 4 is 5.91 Å². The van der Waals surface area contributed by atoms with Gasteiger partial charge in [0.05, 0.1) is 0 Å². The molecule has 1 amide bonds. The minimum Gasteiger partial charge on any atom is -0.344 e. The maximum atomic E-state index is 10.8. The number of hydrogen-bond acceptors (Lipinski definition) is 2. The first kappa shape index (κ1) is 4.99. The van der Waals surface area contributed by atoms with Crippen LogP contribution in [0.3, 0.4) is 0 Å². The zero-order valence-electron chi connectivity index (χ0n) is 5.13. The van der Waals surface area contributed by atoms with Crippen LogP contribution in [-0.2, 0) is 9.53 Å². The van der Waals surface area contributed by atoms with Gasteiger partial charge in [-0.15, -0.1) is 0 Å². The lowest BCUT2D eigenvalue weighted by atomic mass is 10.3. The molecule has 0 aromatic heterocycles. The molecule has 1 saturated heterocycles. The highest BCUT2D eigenvalue weighted by Gasteiger charge is 2.51. The average Bonchev–Trinajstić information content (AvgIpc) is 2.57. The molecule has 1 spiro atoms. The average molecular weight is 125 g/mol. The van der Waals surface area contributed by atoms with Crippen LogP contribution in [0.25, 0.3) is 0 Å². The Morgan fingerprint density at radius 2 is 2.56 bits per heavy atom. The molecule has 0 bridgehead atoms. The number of rotatable bonds is 0. The highest BCUT2D eigenvalue weighted by Crippen LogP contribution is 2.35. The Morgan fingerprint density at radius 3 is 2.78 bits per heavy atom. The van der Waals surface area contributed by atoms with Gasteiger partial charge in [0.15, 0.2) is 5.72 Å². The Morgan fingerprint density at radius 1 is 1.89 bits per heavy atom. The van der Waals surface area contributed by atoms with Gasteiger partial charge in [0.1, 0.15) is 6.61 Å². The molecule has 0 saturated carbocycles. The number of ether oxygens (including phenoxy) is 1. The van der Waals surface area contributed by atoms with E-state index in [2.05, 4.69) is 0 Å². The van der Waals surface area contributed by atoms with Gasteiger partial charge in [-0.2, -0.15) is 0 Å². The lowest BCUT2D eigenvalue weighted by molar-refractivity contribution is -0.126. The minimum absolute atomic E-state index is 0.0347. The van der Waals surface area contributed by atoms with Crippen LogP contribution in [0.4, 0.5) is 0 Å². The van der Waals surface area contributed by atoms with E-state index in [0.29, 0.717) is 6.61 Å². The van der Waals surface area contributed by atoms with E-state index in [9.17, 15) is 4.79 Å². The predicted molar refractivity (Wildman–Crippen MR) is 30.6 cm³/mol. The standard InChI is InChI=1S/C6H7NO2/c1-7-5(8)2-3-6(7)4-9-6/h2-3H,4H2,1H3. The molecular weight excluding hydrogens is 118 g/mol. The van der Waals surface area contributed by atoms with Gasteiger partial charge in [0.2, 0.25) is 5.91 Å². The van der Waals surface area contributed by atoms with Crippen molar-refractivity contribution in [1.82, 2.24) is 4.90 Å². The summed E-state index contributed by atoms with van der Waals surface area (Å²) in [5.74, 6) is 0.0347. The molecule has 3 nitrogen and oxygen atoms in total. The van der Waals surface area contributed by atoms with Crippen molar-refractivity contribution in [1.29, 1.82) is 0 Å². The van der Waals surface area contributed by atoms with E-state index in [0.717, 1.165) is 0 Å². The zero-order chi connectivity index (χ0) is 6.48. The molecule has 1 fully saturated rings. The van der Waals surface area contributed by atoms with Crippen LogP contribution in [0.2, 0.25) is 0 Å². The summed E-state index contributed by atoms with van der Waals surface area (Å²) in [5, 5.41) is 0. The van der Waals surface area contributed by atoms with Gasteiger partial charge in [0, 0.05) is 13.1 Å². The first-order chi connectivity index (χ1) is 4.25. The minimum atomic E-state index is -0.322. The number of nitrogens with zero attached hydrogens (tertiary/aromatic N) is 1. The maximum Gasteiger partial charge on any atom is 0.248 e. The van der Waals surface area contributed by atoms with Crippen LogP contribution in [0.1, 0.15) is 0 Å². The number of carbonyl (C=O) groups excluding carboxylic acids is 1. The Kier molecular flexibility index (Phi) is 0.658. The van der Waals surface area contributed by atoms with E-state index in [1.807, 2.05) is 0 Å². The smallest absolute Gasteiger partial charge is 0.248 e. The summed E-state index contributed by atoms with van der Waals surface area (Å²) in [4.78, 5) is 12.4. The van der Waals surface area contributed by atoms with Crippen molar-refractivity contribution in [2.45, 2.75) is 5.72 Å². The van der Waals surface area contributed by atoms with Gasteiger partial charge in [-0.25, -0.2) is 0 Å². The van der Waals surface area contributed by atoms with Gasteiger partial charge < -0.3 is 9.64 Å². The van der Waals surface area contributed by atoms with Crippen LogP contribution in [0.15, 0.2) is 12.2 Å². The van der Waals surface area contributed by atoms with Crippen molar-refractivity contribution in [3.63, 3.8) is 0 Å². The van der Waals surface area contributed by atoms with Crippen LogP contribution >= 0.6 is 0 Å². The van der Waals surface area contributed by atoms with Crippen molar-refractivity contribution in [3.05, 3.63) is 12.2 Å². The molecule has 3 heteroatoms. The molecule has 48 valence electrons.